The molecule has 3 N–H and O–H groups in total. The van der Waals surface area contributed by atoms with E-state index in [1.807, 2.05) is 18.3 Å². The Morgan fingerprint density at radius 1 is 1.67 bits per heavy atom. The van der Waals surface area contributed by atoms with E-state index in [1.54, 1.807) is 0 Å². The Kier molecular flexibility index (Phi) is 2.15. The van der Waals surface area contributed by atoms with Crippen LogP contribution in [0.15, 0.2) is 18.3 Å². The molecule has 3 nitrogen and oxygen atoms in total. The van der Waals surface area contributed by atoms with Gasteiger partial charge in [-0.2, -0.15) is 0 Å². The van der Waals surface area contributed by atoms with Crippen LogP contribution in [0.25, 0.3) is 0 Å². The molecule has 1 aromatic rings. The summed E-state index contributed by atoms with van der Waals surface area (Å²) in [6, 6.07) is 3.74. The third-order valence-electron chi connectivity index (χ3n) is 0.945. The van der Waals surface area contributed by atoms with Crippen molar-refractivity contribution in [3.8, 4) is 5.88 Å². The third kappa shape index (κ3) is 1.77. The fraction of sp³-hybridized carbons (Fsp3) is 0.333. The summed E-state index contributed by atoms with van der Waals surface area (Å²) in [5, 5.41) is 0. The van der Waals surface area contributed by atoms with E-state index in [1.165, 1.54) is 0 Å². The van der Waals surface area contributed by atoms with E-state index in [2.05, 4.69) is 4.98 Å². The molecular formula is C6H10N2O. The van der Waals surface area contributed by atoms with Crippen molar-refractivity contribution in [2.75, 3.05) is 13.2 Å². The van der Waals surface area contributed by atoms with E-state index < -0.39 is 0 Å². The van der Waals surface area contributed by atoms with Crippen LogP contribution in [0.2, 0.25) is 0 Å². The monoisotopic (exact) mass is 126 g/mol. The molecule has 1 aromatic heterocycles. The molecule has 1 rings (SSSR count). The topological polar surface area (TPSA) is 51.0 Å². The zero-order chi connectivity index (χ0) is 6.53. The Balaban J connectivity index is 2.30. The van der Waals surface area contributed by atoms with Crippen molar-refractivity contribution in [2.45, 2.75) is 0 Å². The van der Waals surface area contributed by atoms with Gasteiger partial charge in [-0.05, 0) is 12.1 Å². The molecule has 0 aromatic carbocycles. The molecule has 0 unspecified atom stereocenters. The molecule has 3 heteroatoms. The summed E-state index contributed by atoms with van der Waals surface area (Å²) >= 11 is 0. The molecule has 0 radical (unpaired) electrons. The molecule has 9 heavy (non-hydrogen) atoms. The van der Waals surface area contributed by atoms with E-state index in [9.17, 15) is 0 Å². The van der Waals surface area contributed by atoms with Crippen LogP contribution >= 0.6 is 0 Å². The first-order chi connectivity index (χ1) is 4.43. The maximum absolute atomic E-state index is 5.21. The van der Waals surface area contributed by atoms with Crippen LogP contribution in [0.3, 0.4) is 0 Å². The van der Waals surface area contributed by atoms with Gasteiger partial charge in [0.1, 0.15) is 6.61 Å². The van der Waals surface area contributed by atoms with Crippen molar-refractivity contribution in [2.24, 2.45) is 5.73 Å². The predicted molar refractivity (Wildman–Crippen MR) is 35.3 cm³/mol. The summed E-state index contributed by atoms with van der Waals surface area (Å²) in [5.41, 5.74) is 5.21. The lowest BCUT2D eigenvalue weighted by atomic mass is 10.6. The number of aromatic amines is 1. The summed E-state index contributed by atoms with van der Waals surface area (Å²) in [6.45, 7) is 1.12. The lowest BCUT2D eigenvalue weighted by Gasteiger charge is -1.98. The first kappa shape index (κ1) is 6.16. The smallest absolute Gasteiger partial charge is 0.190 e. The van der Waals surface area contributed by atoms with Gasteiger partial charge in [0, 0.05) is 12.7 Å². The van der Waals surface area contributed by atoms with Crippen molar-refractivity contribution in [1.82, 2.24) is 4.98 Å². The molecule has 0 aliphatic heterocycles. The van der Waals surface area contributed by atoms with Crippen molar-refractivity contribution in [1.29, 1.82) is 0 Å². The highest BCUT2D eigenvalue weighted by Crippen LogP contribution is 2.02. The molecule has 0 aliphatic carbocycles. The predicted octanol–water partition coefficient (Wildman–Crippen LogP) is 0.352. The van der Waals surface area contributed by atoms with Gasteiger partial charge in [0.15, 0.2) is 5.88 Å². The highest BCUT2D eigenvalue weighted by Gasteiger charge is 1.87. The molecule has 0 fully saturated rings. The Bertz CT molecular complexity index is 148. The van der Waals surface area contributed by atoms with Crippen LogP contribution < -0.4 is 10.5 Å². The molecule has 0 atom stereocenters. The van der Waals surface area contributed by atoms with Crippen LogP contribution in [-0.4, -0.2) is 18.1 Å². The Hall–Kier alpha value is -0.960. The van der Waals surface area contributed by atoms with Crippen LogP contribution in [0.1, 0.15) is 0 Å². The van der Waals surface area contributed by atoms with Crippen molar-refractivity contribution in [3.05, 3.63) is 18.3 Å². The van der Waals surface area contributed by atoms with Crippen molar-refractivity contribution < 1.29 is 4.74 Å². The van der Waals surface area contributed by atoms with E-state index >= 15 is 0 Å². The Labute approximate surface area is 53.8 Å². The molecule has 0 spiro atoms. The molecule has 0 saturated carbocycles. The Morgan fingerprint density at radius 2 is 2.56 bits per heavy atom. The third-order valence-corrected chi connectivity index (χ3v) is 0.945. The van der Waals surface area contributed by atoms with Gasteiger partial charge in [0.05, 0.1) is 0 Å². The number of nitrogens with two attached hydrogens (primary N) is 1. The lowest BCUT2D eigenvalue weighted by Crippen LogP contribution is -2.10. The second-order valence-corrected chi connectivity index (χ2v) is 1.67. The molecule has 1 heterocycles. The number of hydrogen-bond donors (Lipinski definition) is 2. The SMILES string of the molecule is NCCOc1ccc[nH]1. The van der Waals surface area contributed by atoms with E-state index in [0.29, 0.717) is 13.2 Å². The number of aromatic nitrogens is 1. The van der Waals surface area contributed by atoms with Gasteiger partial charge < -0.3 is 15.5 Å². The lowest BCUT2D eigenvalue weighted by molar-refractivity contribution is 0.317. The maximum Gasteiger partial charge on any atom is 0.190 e. The number of hydrogen-bond acceptors (Lipinski definition) is 2. The first-order valence-corrected chi connectivity index (χ1v) is 2.90. The number of rotatable bonds is 3. The molecule has 0 aliphatic rings. The zero-order valence-corrected chi connectivity index (χ0v) is 5.13. The van der Waals surface area contributed by atoms with Gasteiger partial charge in [-0.1, -0.05) is 0 Å². The number of H-pyrrole nitrogens is 1. The average molecular weight is 126 g/mol. The second kappa shape index (κ2) is 3.14. The standard InChI is InChI=1S/C6H10N2O/c7-3-5-9-6-2-1-4-8-6/h1-2,4,8H,3,5,7H2. The van der Waals surface area contributed by atoms with Gasteiger partial charge >= 0.3 is 0 Å². The molecule has 50 valence electrons. The molecule has 0 saturated heterocycles. The van der Waals surface area contributed by atoms with E-state index in [4.69, 9.17) is 10.5 Å². The summed E-state index contributed by atoms with van der Waals surface area (Å²) in [4.78, 5) is 2.89. The summed E-state index contributed by atoms with van der Waals surface area (Å²) in [7, 11) is 0. The van der Waals surface area contributed by atoms with Gasteiger partial charge in [-0.15, -0.1) is 0 Å². The first-order valence-electron chi connectivity index (χ1n) is 2.90. The molecule has 0 amide bonds. The average Bonchev–Trinajstić information content (AvgIpc) is 2.34. The summed E-state index contributed by atoms with van der Waals surface area (Å²) < 4.78 is 5.11. The fourth-order valence-corrected chi connectivity index (χ4v) is 0.573. The van der Waals surface area contributed by atoms with Crippen molar-refractivity contribution >= 4 is 0 Å². The quantitative estimate of drug-likeness (QED) is 0.614. The zero-order valence-electron chi connectivity index (χ0n) is 5.13. The summed E-state index contributed by atoms with van der Waals surface area (Å²) in [5.74, 6) is 0.778. The second-order valence-electron chi connectivity index (χ2n) is 1.67. The van der Waals surface area contributed by atoms with E-state index in [-0.39, 0.29) is 0 Å². The minimum atomic E-state index is 0.555. The van der Waals surface area contributed by atoms with Crippen LogP contribution in [-0.2, 0) is 0 Å². The van der Waals surface area contributed by atoms with E-state index in [0.717, 1.165) is 5.88 Å². The molecule has 0 bridgehead atoms. The maximum atomic E-state index is 5.21. The number of ether oxygens (including phenoxy) is 1. The highest BCUT2D eigenvalue weighted by molar-refractivity contribution is 5.09. The normalized spacial score (nSPS) is 9.44. The van der Waals surface area contributed by atoms with Crippen LogP contribution in [0.4, 0.5) is 0 Å². The minimum absolute atomic E-state index is 0.555. The van der Waals surface area contributed by atoms with Gasteiger partial charge in [-0.25, -0.2) is 0 Å². The van der Waals surface area contributed by atoms with Crippen molar-refractivity contribution in [3.63, 3.8) is 0 Å². The minimum Gasteiger partial charge on any atom is -0.478 e. The van der Waals surface area contributed by atoms with Gasteiger partial charge in [-0.3, -0.25) is 0 Å². The fourth-order valence-electron chi connectivity index (χ4n) is 0.573. The van der Waals surface area contributed by atoms with Gasteiger partial charge in [0.25, 0.3) is 0 Å². The largest absolute Gasteiger partial charge is 0.478 e. The number of nitrogens with one attached hydrogen (secondary N) is 1. The summed E-state index contributed by atoms with van der Waals surface area (Å²) in [6.07, 6.45) is 1.81. The van der Waals surface area contributed by atoms with Crippen LogP contribution in [0, 0.1) is 0 Å². The Morgan fingerprint density at radius 3 is 3.11 bits per heavy atom. The van der Waals surface area contributed by atoms with Crippen LogP contribution in [0.5, 0.6) is 5.88 Å². The highest BCUT2D eigenvalue weighted by atomic mass is 16.5. The molecular weight excluding hydrogens is 116 g/mol. The van der Waals surface area contributed by atoms with Gasteiger partial charge in [0.2, 0.25) is 0 Å².